The Morgan fingerprint density at radius 1 is 1.11 bits per heavy atom. The fourth-order valence-electron chi connectivity index (χ4n) is 3.34. The van der Waals surface area contributed by atoms with E-state index in [1.807, 2.05) is 30.3 Å². The third-order valence-corrected chi connectivity index (χ3v) is 4.61. The second kappa shape index (κ2) is 7.69. The van der Waals surface area contributed by atoms with Crippen LogP contribution in [0.4, 0.5) is 18.0 Å². The molecule has 0 aliphatic carbocycles. The van der Waals surface area contributed by atoms with Crippen LogP contribution in [0.3, 0.4) is 0 Å². The first-order valence-electron chi connectivity index (χ1n) is 8.30. The molecule has 1 fully saturated rings. The van der Waals surface area contributed by atoms with Crippen LogP contribution in [0.1, 0.15) is 23.5 Å². The molecule has 2 N–H and O–H groups in total. The largest absolute Gasteiger partial charge is 0.465 e. The number of amides is 2. The van der Waals surface area contributed by atoms with Crippen molar-refractivity contribution in [2.45, 2.75) is 24.9 Å². The van der Waals surface area contributed by atoms with Gasteiger partial charge in [0.15, 0.2) is 11.6 Å². The third-order valence-electron chi connectivity index (χ3n) is 4.61. The molecule has 0 bridgehead atoms. The molecule has 27 heavy (non-hydrogen) atoms. The highest BCUT2D eigenvalue weighted by atomic mass is 19.2. The molecule has 2 aromatic carbocycles. The summed E-state index contributed by atoms with van der Waals surface area (Å²) in [6.45, 7) is 0.258. The molecule has 1 saturated heterocycles. The number of nitrogens with zero attached hydrogens (tertiary/aromatic N) is 1. The van der Waals surface area contributed by atoms with E-state index in [-0.39, 0.29) is 31.0 Å². The van der Waals surface area contributed by atoms with Crippen LogP contribution in [0, 0.1) is 17.5 Å². The van der Waals surface area contributed by atoms with Gasteiger partial charge in [-0.3, -0.25) is 4.79 Å². The van der Waals surface area contributed by atoms with Crippen molar-refractivity contribution in [2.75, 3.05) is 6.54 Å². The van der Waals surface area contributed by atoms with Crippen molar-refractivity contribution in [3.8, 4) is 0 Å². The first-order valence-corrected chi connectivity index (χ1v) is 8.30. The third kappa shape index (κ3) is 4.21. The van der Waals surface area contributed by atoms with E-state index in [9.17, 15) is 22.8 Å². The van der Waals surface area contributed by atoms with Gasteiger partial charge < -0.3 is 15.3 Å². The summed E-state index contributed by atoms with van der Waals surface area (Å²) >= 11 is 0. The molecule has 0 aromatic heterocycles. The van der Waals surface area contributed by atoms with E-state index >= 15 is 0 Å². The molecular formula is C19H17F3N2O3. The standard InChI is InChI=1S/C19H17F3N2O3/c20-14-8-16(22)15(21)6-12(14)13-7-18(25)24(10-17(13)23-19(26)27)9-11-4-2-1-3-5-11/h1-6,8,13,17,23H,7,9-10H2,(H,26,27)/t13-,17+/m1/s1. The zero-order valence-electron chi connectivity index (χ0n) is 14.2. The van der Waals surface area contributed by atoms with E-state index in [0.29, 0.717) is 12.1 Å². The molecule has 0 saturated carbocycles. The second-order valence-corrected chi connectivity index (χ2v) is 6.41. The van der Waals surface area contributed by atoms with Gasteiger partial charge in [0.05, 0.1) is 6.04 Å². The van der Waals surface area contributed by atoms with Crippen LogP contribution in [0.15, 0.2) is 42.5 Å². The second-order valence-electron chi connectivity index (χ2n) is 6.41. The molecule has 2 atom stereocenters. The maximum atomic E-state index is 14.2. The molecule has 0 unspecified atom stereocenters. The Kier molecular flexibility index (Phi) is 5.34. The number of rotatable bonds is 4. The Bertz CT molecular complexity index is 861. The average molecular weight is 378 g/mol. The van der Waals surface area contributed by atoms with Gasteiger partial charge in [0.1, 0.15) is 5.82 Å². The van der Waals surface area contributed by atoms with Crippen molar-refractivity contribution < 1.29 is 27.9 Å². The number of halogens is 3. The summed E-state index contributed by atoms with van der Waals surface area (Å²) in [5.41, 5.74) is 0.637. The highest BCUT2D eigenvalue weighted by Gasteiger charge is 2.37. The zero-order valence-corrected chi connectivity index (χ0v) is 14.2. The van der Waals surface area contributed by atoms with Crippen molar-refractivity contribution >= 4 is 12.0 Å². The molecule has 1 heterocycles. The highest BCUT2D eigenvalue weighted by molar-refractivity contribution is 5.79. The lowest BCUT2D eigenvalue weighted by molar-refractivity contribution is -0.135. The number of carboxylic acid groups (broad SMARTS) is 1. The number of benzene rings is 2. The van der Waals surface area contributed by atoms with Gasteiger partial charge in [0, 0.05) is 31.5 Å². The molecule has 0 radical (unpaired) electrons. The van der Waals surface area contributed by atoms with Crippen molar-refractivity contribution in [3.05, 3.63) is 71.0 Å². The van der Waals surface area contributed by atoms with Gasteiger partial charge in [-0.2, -0.15) is 0 Å². The summed E-state index contributed by atoms with van der Waals surface area (Å²) in [5, 5.41) is 11.4. The predicted molar refractivity (Wildman–Crippen MR) is 90.5 cm³/mol. The smallest absolute Gasteiger partial charge is 0.404 e. The Hall–Kier alpha value is -3.03. The number of likely N-dealkylation sites (tertiary alicyclic amines) is 1. The van der Waals surface area contributed by atoms with Crippen LogP contribution in [0.2, 0.25) is 0 Å². The Morgan fingerprint density at radius 2 is 1.78 bits per heavy atom. The molecular weight excluding hydrogens is 361 g/mol. The summed E-state index contributed by atoms with van der Waals surface area (Å²) < 4.78 is 41.0. The molecule has 1 aliphatic rings. The molecule has 2 aromatic rings. The number of nitrogens with one attached hydrogen (secondary N) is 1. The number of hydrogen-bond acceptors (Lipinski definition) is 2. The minimum absolute atomic E-state index is 0.0108. The van der Waals surface area contributed by atoms with Gasteiger partial charge in [0.25, 0.3) is 0 Å². The first-order chi connectivity index (χ1) is 12.8. The van der Waals surface area contributed by atoms with Crippen molar-refractivity contribution in [1.82, 2.24) is 10.2 Å². The molecule has 8 heteroatoms. The maximum absolute atomic E-state index is 14.2. The maximum Gasteiger partial charge on any atom is 0.404 e. The van der Waals surface area contributed by atoms with E-state index in [1.165, 1.54) is 4.90 Å². The lowest BCUT2D eigenvalue weighted by atomic mass is 9.84. The van der Waals surface area contributed by atoms with Crippen molar-refractivity contribution in [2.24, 2.45) is 0 Å². The number of hydrogen-bond donors (Lipinski definition) is 2. The normalized spacial score (nSPS) is 19.8. The van der Waals surface area contributed by atoms with Crippen molar-refractivity contribution in [1.29, 1.82) is 0 Å². The van der Waals surface area contributed by atoms with E-state index in [0.717, 1.165) is 5.56 Å². The molecule has 2 amide bonds. The topological polar surface area (TPSA) is 69.6 Å². The first kappa shape index (κ1) is 18.8. The fourth-order valence-corrected chi connectivity index (χ4v) is 3.34. The van der Waals surface area contributed by atoms with Gasteiger partial charge in [-0.1, -0.05) is 30.3 Å². The summed E-state index contributed by atoms with van der Waals surface area (Å²) in [4.78, 5) is 25.2. The van der Waals surface area contributed by atoms with Crippen LogP contribution in [0.25, 0.3) is 0 Å². The number of carbonyl (C=O) groups excluding carboxylic acids is 1. The van der Waals surface area contributed by atoms with Gasteiger partial charge in [-0.25, -0.2) is 18.0 Å². The van der Waals surface area contributed by atoms with Gasteiger partial charge >= 0.3 is 6.09 Å². The van der Waals surface area contributed by atoms with Gasteiger partial charge in [-0.15, -0.1) is 0 Å². The van der Waals surface area contributed by atoms with Crippen LogP contribution in [-0.2, 0) is 11.3 Å². The predicted octanol–water partition coefficient (Wildman–Crippen LogP) is 3.26. The van der Waals surface area contributed by atoms with E-state index in [2.05, 4.69) is 5.32 Å². The molecule has 5 nitrogen and oxygen atoms in total. The summed E-state index contributed by atoms with van der Waals surface area (Å²) in [7, 11) is 0. The van der Waals surface area contributed by atoms with Gasteiger partial charge in [0.2, 0.25) is 5.91 Å². The van der Waals surface area contributed by atoms with Crippen LogP contribution in [-0.4, -0.2) is 34.6 Å². The Morgan fingerprint density at radius 3 is 2.44 bits per heavy atom. The van der Waals surface area contributed by atoms with E-state index in [4.69, 9.17) is 5.11 Å². The molecule has 0 spiro atoms. The number of piperidine rings is 1. The quantitative estimate of drug-likeness (QED) is 0.803. The summed E-state index contributed by atoms with van der Waals surface area (Å²) in [6.07, 6.45) is -1.57. The van der Waals surface area contributed by atoms with Crippen LogP contribution in [0.5, 0.6) is 0 Å². The minimum atomic E-state index is -1.35. The summed E-state index contributed by atoms with van der Waals surface area (Å²) in [6, 6.07) is 9.35. The Balaban J connectivity index is 1.88. The molecule has 3 rings (SSSR count). The monoisotopic (exact) mass is 378 g/mol. The Labute approximate surface area is 153 Å². The summed E-state index contributed by atoms with van der Waals surface area (Å²) in [5.74, 6) is -4.86. The van der Waals surface area contributed by atoms with Gasteiger partial charge in [-0.05, 0) is 17.2 Å². The van der Waals surface area contributed by atoms with E-state index in [1.54, 1.807) is 0 Å². The molecule has 142 valence electrons. The zero-order chi connectivity index (χ0) is 19.6. The highest BCUT2D eigenvalue weighted by Crippen LogP contribution is 2.32. The average Bonchev–Trinajstić information content (AvgIpc) is 2.61. The molecule has 1 aliphatic heterocycles. The van der Waals surface area contributed by atoms with Crippen molar-refractivity contribution in [3.63, 3.8) is 0 Å². The van der Waals surface area contributed by atoms with Crippen LogP contribution >= 0.6 is 0 Å². The van der Waals surface area contributed by atoms with E-state index < -0.39 is 35.5 Å². The number of carbonyl (C=O) groups is 2. The SMILES string of the molecule is O=C(O)N[C@H]1CN(Cc2ccccc2)C(=O)C[C@@H]1c1cc(F)c(F)cc1F. The van der Waals surface area contributed by atoms with Crippen LogP contribution < -0.4 is 5.32 Å². The lowest BCUT2D eigenvalue weighted by Crippen LogP contribution is -2.53. The minimum Gasteiger partial charge on any atom is -0.465 e. The fraction of sp³-hybridized carbons (Fsp3) is 0.263. The lowest BCUT2D eigenvalue weighted by Gasteiger charge is -2.38.